The molecular formula is C20H17ClFN3O3. The van der Waals surface area contributed by atoms with Crippen LogP contribution < -0.4 is 9.64 Å². The minimum Gasteiger partial charge on any atom is -0.493 e. The Morgan fingerprint density at radius 3 is 2.93 bits per heavy atom. The summed E-state index contributed by atoms with van der Waals surface area (Å²) in [5, 5.41) is 4.32. The van der Waals surface area contributed by atoms with Gasteiger partial charge >= 0.3 is 0 Å². The van der Waals surface area contributed by atoms with Gasteiger partial charge in [0.05, 0.1) is 17.9 Å². The fraction of sp³-hybridized carbons (Fsp3) is 0.250. The summed E-state index contributed by atoms with van der Waals surface area (Å²) in [4.78, 5) is 18.3. The number of rotatable bonds is 5. The smallest absolute Gasteiger partial charge is 0.261 e. The van der Waals surface area contributed by atoms with Gasteiger partial charge in [0.1, 0.15) is 11.6 Å². The molecule has 144 valence electrons. The Kier molecular flexibility index (Phi) is 5.00. The number of nitrogens with zero attached hydrogens (tertiary/aromatic N) is 3. The molecular weight excluding hydrogens is 385 g/mol. The second-order valence-corrected chi connectivity index (χ2v) is 6.82. The summed E-state index contributed by atoms with van der Waals surface area (Å²) in [5.74, 6) is 0.342. The molecule has 6 nitrogen and oxygen atoms in total. The van der Waals surface area contributed by atoms with E-state index in [4.69, 9.17) is 20.9 Å². The number of hydrogen-bond acceptors (Lipinski definition) is 5. The lowest BCUT2D eigenvalue weighted by Crippen LogP contribution is -2.25. The summed E-state index contributed by atoms with van der Waals surface area (Å²) in [6, 6.07) is 11.6. The molecule has 1 fully saturated rings. The number of para-hydroxylation sites is 1. The Morgan fingerprint density at radius 2 is 2.14 bits per heavy atom. The van der Waals surface area contributed by atoms with Crippen molar-refractivity contribution >= 4 is 23.2 Å². The summed E-state index contributed by atoms with van der Waals surface area (Å²) in [6.45, 7) is 2.67. The van der Waals surface area contributed by atoms with Gasteiger partial charge in [0.25, 0.3) is 5.89 Å². The monoisotopic (exact) mass is 401 g/mol. The minimum atomic E-state index is -0.541. The molecule has 1 unspecified atom stereocenters. The van der Waals surface area contributed by atoms with Gasteiger partial charge in [-0.15, -0.1) is 0 Å². The van der Waals surface area contributed by atoms with E-state index < -0.39 is 5.82 Å². The van der Waals surface area contributed by atoms with Crippen molar-refractivity contribution in [1.29, 1.82) is 0 Å². The molecule has 8 heteroatoms. The number of aromatic nitrogens is 2. The quantitative estimate of drug-likeness (QED) is 0.631. The van der Waals surface area contributed by atoms with E-state index >= 15 is 0 Å². The highest BCUT2D eigenvalue weighted by molar-refractivity contribution is 6.30. The molecule has 0 spiro atoms. The van der Waals surface area contributed by atoms with Crippen LogP contribution in [0.15, 0.2) is 47.0 Å². The second-order valence-electron chi connectivity index (χ2n) is 6.39. The van der Waals surface area contributed by atoms with Crippen molar-refractivity contribution in [2.24, 2.45) is 0 Å². The van der Waals surface area contributed by atoms with E-state index in [2.05, 4.69) is 10.1 Å². The van der Waals surface area contributed by atoms with Gasteiger partial charge in [-0.3, -0.25) is 4.79 Å². The lowest BCUT2D eigenvalue weighted by molar-refractivity contribution is -0.117. The first-order valence-electron chi connectivity index (χ1n) is 8.88. The molecule has 1 aromatic heterocycles. The molecule has 3 aromatic rings. The number of ether oxygens (including phenoxy) is 1. The average molecular weight is 402 g/mol. The Balaban J connectivity index is 1.58. The summed E-state index contributed by atoms with van der Waals surface area (Å²) in [7, 11) is 0. The molecule has 2 aromatic carbocycles. The number of carbonyl (C=O) groups is 1. The van der Waals surface area contributed by atoms with Gasteiger partial charge in [-0.2, -0.15) is 4.98 Å². The predicted octanol–water partition coefficient (Wildman–Crippen LogP) is 4.45. The molecule has 1 saturated heterocycles. The number of hydrogen-bond donors (Lipinski definition) is 0. The van der Waals surface area contributed by atoms with Crippen molar-refractivity contribution in [2.75, 3.05) is 18.1 Å². The van der Waals surface area contributed by atoms with Crippen molar-refractivity contribution < 1.29 is 18.4 Å². The summed E-state index contributed by atoms with van der Waals surface area (Å²) >= 11 is 5.79. The first kappa shape index (κ1) is 18.4. The maximum atomic E-state index is 14.2. The molecule has 28 heavy (non-hydrogen) atoms. The fourth-order valence-electron chi connectivity index (χ4n) is 3.25. The van der Waals surface area contributed by atoms with Gasteiger partial charge in [0.2, 0.25) is 5.91 Å². The first-order chi connectivity index (χ1) is 13.6. The highest BCUT2D eigenvalue weighted by atomic mass is 35.5. The van der Waals surface area contributed by atoms with E-state index in [0.717, 1.165) is 0 Å². The van der Waals surface area contributed by atoms with Crippen LogP contribution in [-0.2, 0) is 4.79 Å². The third kappa shape index (κ3) is 3.45. The standard InChI is InChI=1S/C20H17ClFN3O3/c1-2-27-17-6-4-3-5-14(17)20-23-19(24-28-20)12-9-18(26)25(11-12)16-8-7-13(21)10-15(16)22/h3-8,10,12H,2,9,11H2,1H3. The maximum absolute atomic E-state index is 14.2. The number of benzene rings is 2. The lowest BCUT2D eigenvalue weighted by atomic mass is 10.1. The minimum absolute atomic E-state index is 0.175. The van der Waals surface area contributed by atoms with E-state index in [0.29, 0.717) is 29.6 Å². The molecule has 0 aliphatic carbocycles. The molecule has 1 aliphatic rings. The number of halogens is 2. The highest BCUT2D eigenvalue weighted by Crippen LogP contribution is 2.35. The Bertz CT molecular complexity index is 1020. The van der Waals surface area contributed by atoms with Gasteiger partial charge in [-0.25, -0.2) is 4.39 Å². The van der Waals surface area contributed by atoms with Crippen LogP contribution in [0.4, 0.5) is 10.1 Å². The van der Waals surface area contributed by atoms with Crippen LogP contribution in [0.3, 0.4) is 0 Å². The van der Waals surface area contributed by atoms with Crippen molar-refractivity contribution in [3.8, 4) is 17.2 Å². The van der Waals surface area contributed by atoms with E-state index in [1.807, 2.05) is 31.2 Å². The Labute approximate surface area is 165 Å². The first-order valence-corrected chi connectivity index (χ1v) is 9.26. The molecule has 4 rings (SSSR count). The topological polar surface area (TPSA) is 68.5 Å². The summed E-state index contributed by atoms with van der Waals surface area (Å²) in [6.07, 6.45) is 0.175. The van der Waals surface area contributed by atoms with Gasteiger partial charge < -0.3 is 14.2 Å². The van der Waals surface area contributed by atoms with Crippen molar-refractivity contribution in [3.05, 3.63) is 59.1 Å². The van der Waals surface area contributed by atoms with E-state index in [-0.39, 0.29) is 35.5 Å². The number of carbonyl (C=O) groups excluding carboxylic acids is 1. The van der Waals surface area contributed by atoms with Crippen LogP contribution in [0, 0.1) is 5.82 Å². The van der Waals surface area contributed by atoms with Crippen LogP contribution in [0.25, 0.3) is 11.5 Å². The van der Waals surface area contributed by atoms with Crippen LogP contribution in [0.2, 0.25) is 5.02 Å². The molecule has 0 radical (unpaired) electrons. The van der Waals surface area contributed by atoms with Crippen LogP contribution in [0.5, 0.6) is 5.75 Å². The molecule has 0 N–H and O–H groups in total. The number of amides is 1. The highest BCUT2D eigenvalue weighted by Gasteiger charge is 2.36. The molecule has 1 amide bonds. The van der Waals surface area contributed by atoms with Gasteiger partial charge in [0, 0.05) is 23.9 Å². The van der Waals surface area contributed by atoms with Crippen LogP contribution in [0.1, 0.15) is 25.1 Å². The largest absolute Gasteiger partial charge is 0.493 e. The molecule has 1 aliphatic heterocycles. The lowest BCUT2D eigenvalue weighted by Gasteiger charge is -2.17. The molecule has 0 saturated carbocycles. The van der Waals surface area contributed by atoms with E-state index in [9.17, 15) is 9.18 Å². The van der Waals surface area contributed by atoms with Crippen molar-refractivity contribution in [3.63, 3.8) is 0 Å². The van der Waals surface area contributed by atoms with Gasteiger partial charge in [-0.1, -0.05) is 28.9 Å². The summed E-state index contributed by atoms with van der Waals surface area (Å²) < 4.78 is 25.2. The molecule has 0 bridgehead atoms. The zero-order valence-electron chi connectivity index (χ0n) is 15.1. The second kappa shape index (κ2) is 7.59. The van der Waals surface area contributed by atoms with Gasteiger partial charge in [-0.05, 0) is 37.3 Å². The normalized spacial score (nSPS) is 16.6. The Morgan fingerprint density at radius 1 is 1.32 bits per heavy atom. The zero-order chi connectivity index (χ0) is 19.7. The zero-order valence-corrected chi connectivity index (χ0v) is 15.8. The van der Waals surface area contributed by atoms with Crippen molar-refractivity contribution in [1.82, 2.24) is 10.1 Å². The summed E-state index contributed by atoms with van der Waals surface area (Å²) in [5.41, 5.74) is 0.885. The molecule has 1 atom stereocenters. The third-order valence-corrected chi connectivity index (χ3v) is 4.78. The van der Waals surface area contributed by atoms with Gasteiger partial charge in [0.15, 0.2) is 5.82 Å². The Hall–Kier alpha value is -2.93. The maximum Gasteiger partial charge on any atom is 0.261 e. The van der Waals surface area contributed by atoms with Crippen LogP contribution >= 0.6 is 11.6 Å². The van der Waals surface area contributed by atoms with Crippen LogP contribution in [-0.4, -0.2) is 29.2 Å². The SMILES string of the molecule is CCOc1ccccc1-c1nc(C2CC(=O)N(c3ccc(Cl)cc3F)C2)no1. The molecule has 2 heterocycles. The average Bonchev–Trinajstić information content (AvgIpc) is 3.30. The van der Waals surface area contributed by atoms with E-state index in [1.165, 1.54) is 17.0 Å². The van der Waals surface area contributed by atoms with E-state index in [1.54, 1.807) is 6.07 Å². The number of anilines is 1. The van der Waals surface area contributed by atoms with Crippen molar-refractivity contribution in [2.45, 2.75) is 19.3 Å². The third-order valence-electron chi connectivity index (χ3n) is 4.55. The predicted molar refractivity (Wildman–Crippen MR) is 102 cm³/mol. The fourth-order valence-corrected chi connectivity index (χ4v) is 3.41.